The highest BCUT2D eigenvalue weighted by molar-refractivity contribution is 7.99. The molecule has 0 aliphatic carbocycles. The Morgan fingerprint density at radius 3 is 2.17 bits per heavy atom. The molecule has 0 aliphatic rings. The molecule has 0 saturated carbocycles. The molecule has 0 aliphatic heterocycles. The lowest BCUT2D eigenvalue weighted by Crippen LogP contribution is -2.54. The van der Waals surface area contributed by atoms with Crippen molar-refractivity contribution in [2.45, 2.75) is 51.3 Å². The summed E-state index contributed by atoms with van der Waals surface area (Å²) in [7, 11) is 0. The molecule has 0 heterocycles. The van der Waals surface area contributed by atoms with E-state index in [0.29, 0.717) is 18.6 Å². The zero-order valence-corrected chi connectivity index (χ0v) is 24.2. The normalized spacial score (nSPS) is 12.9. The van der Waals surface area contributed by atoms with Gasteiger partial charge in [0.2, 0.25) is 17.7 Å². The van der Waals surface area contributed by atoms with E-state index in [1.807, 2.05) is 0 Å². The summed E-state index contributed by atoms with van der Waals surface area (Å²) in [5, 5.41) is 25.1. The number of hydrogen-bond donors (Lipinski definition) is 6. The number of carbonyl (C=O) groups is 6. The third kappa shape index (κ3) is 22.4. The number of rotatable bonds is 24. The van der Waals surface area contributed by atoms with Crippen molar-refractivity contribution in [1.29, 1.82) is 0 Å². The topological polar surface area (TPSA) is 242 Å². The van der Waals surface area contributed by atoms with Crippen LogP contribution in [0.2, 0.25) is 0 Å². The average molecular weight is 611 g/mol. The quantitative estimate of drug-likeness (QED) is 0.0491. The number of carbonyl (C=O) groups excluding carboxylic acids is 5. The Hall–Kier alpha value is -2.99. The molecule has 0 spiro atoms. The van der Waals surface area contributed by atoms with Crippen molar-refractivity contribution < 1.29 is 57.9 Å². The van der Waals surface area contributed by atoms with Gasteiger partial charge in [0.1, 0.15) is 18.7 Å². The molecule has 0 aromatic rings. The van der Waals surface area contributed by atoms with E-state index in [4.69, 9.17) is 29.8 Å². The van der Waals surface area contributed by atoms with Crippen LogP contribution >= 0.6 is 11.8 Å². The predicted octanol–water partition coefficient (Wildman–Crippen LogP) is -2.46. The Bertz CT molecular complexity index is 832. The van der Waals surface area contributed by atoms with Gasteiger partial charge < -0.3 is 50.8 Å². The van der Waals surface area contributed by atoms with Crippen molar-refractivity contribution >= 4 is 47.4 Å². The monoisotopic (exact) mass is 610 g/mol. The zero-order valence-electron chi connectivity index (χ0n) is 23.4. The van der Waals surface area contributed by atoms with Crippen LogP contribution in [0.15, 0.2) is 0 Å². The number of ether oxygens (including phenoxy) is 4. The van der Waals surface area contributed by atoms with Crippen molar-refractivity contribution in [1.82, 2.24) is 16.0 Å². The average Bonchev–Trinajstić information content (AvgIpc) is 2.90. The molecule has 236 valence electrons. The van der Waals surface area contributed by atoms with Crippen molar-refractivity contribution in [3.63, 3.8) is 0 Å². The SMILES string of the molecule is CC(=O)OCCC[C@H](CSC[C@H](N)C(=O)N[C@@H](CO)C(=O)NCCOCCOCCC(=O)NCC(=O)O)OC(C)=O. The number of carboxylic acid groups (broad SMARTS) is 1. The summed E-state index contributed by atoms with van der Waals surface area (Å²) in [5.41, 5.74) is 5.91. The van der Waals surface area contributed by atoms with E-state index in [2.05, 4.69) is 16.0 Å². The van der Waals surface area contributed by atoms with Gasteiger partial charge in [-0.15, -0.1) is 0 Å². The smallest absolute Gasteiger partial charge is 0.322 e. The van der Waals surface area contributed by atoms with Gasteiger partial charge in [0.05, 0.1) is 45.7 Å². The van der Waals surface area contributed by atoms with Crippen LogP contribution < -0.4 is 21.7 Å². The molecule has 3 amide bonds. The summed E-state index contributed by atoms with van der Waals surface area (Å²) in [6.07, 6.45) is 0.506. The van der Waals surface area contributed by atoms with E-state index in [-0.39, 0.29) is 51.8 Å². The second kappa shape index (κ2) is 23.7. The lowest BCUT2D eigenvalue weighted by atomic mass is 10.2. The summed E-state index contributed by atoms with van der Waals surface area (Å²) >= 11 is 1.28. The van der Waals surface area contributed by atoms with Crippen LogP contribution in [0.3, 0.4) is 0 Å². The third-order valence-electron chi connectivity index (χ3n) is 4.89. The van der Waals surface area contributed by atoms with Gasteiger partial charge in [0.15, 0.2) is 0 Å². The molecule has 41 heavy (non-hydrogen) atoms. The van der Waals surface area contributed by atoms with Gasteiger partial charge >= 0.3 is 17.9 Å². The first-order chi connectivity index (χ1) is 19.5. The maximum absolute atomic E-state index is 12.4. The van der Waals surface area contributed by atoms with Crippen LogP contribution in [0.1, 0.15) is 33.1 Å². The fourth-order valence-corrected chi connectivity index (χ4v) is 3.97. The maximum atomic E-state index is 12.4. The Balaban J connectivity index is 4.16. The van der Waals surface area contributed by atoms with Gasteiger partial charge in [-0.1, -0.05) is 0 Å². The van der Waals surface area contributed by atoms with Crippen LogP contribution in [-0.4, -0.2) is 128 Å². The molecule has 7 N–H and O–H groups in total. The number of esters is 2. The Morgan fingerprint density at radius 2 is 1.56 bits per heavy atom. The summed E-state index contributed by atoms with van der Waals surface area (Å²) in [5.74, 6) is -3.19. The van der Waals surface area contributed by atoms with Gasteiger partial charge in [-0.05, 0) is 12.8 Å². The third-order valence-corrected chi connectivity index (χ3v) is 6.09. The van der Waals surface area contributed by atoms with Gasteiger partial charge in [-0.25, -0.2) is 0 Å². The van der Waals surface area contributed by atoms with E-state index >= 15 is 0 Å². The van der Waals surface area contributed by atoms with E-state index < -0.39 is 67.0 Å². The highest BCUT2D eigenvalue weighted by Gasteiger charge is 2.23. The molecule has 0 bridgehead atoms. The Labute approximate surface area is 242 Å². The fraction of sp³-hybridized carbons (Fsp3) is 0.750. The molecule has 17 heteroatoms. The maximum Gasteiger partial charge on any atom is 0.322 e. The lowest BCUT2D eigenvalue weighted by Gasteiger charge is -2.20. The summed E-state index contributed by atoms with van der Waals surface area (Å²) in [6, 6.07) is -2.21. The second-order valence-corrected chi connectivity index (χ2v) is 9.61. The molecular weight excluding hydrogens is 568 g/mol. The summed E-state index contributed by atoms with van der Waals surface area (Å²) in [4.78, 5) is 68.5. The first kappa shape index (κ1) is 38.0. The molecule has 3 atom stereocenters. The number of amides is 3. The van der Waals surface area contributed by atoms with Crippen LogP contribution in [-0.2, 0) is 47.7 Å². The minimum absolute atomic E-state index is 0.00771. The number of hydrogen-bond acceptors (Lipinski definition) is 13. The van der Waals surface area contributed by atoms with Crippen molar-refractivity contribution in [2.75, 3.05) is 64.2 Å². The number of aliphatic hydroxyl groups excluding tert-OH is 1. The predicted molar refractivity (Wildman–Crippen MR) is 146 cm³/mol. The second-order valence-electron chi connectivity index (χ2n) is 8.54. The number of aliphatic carboxylic acids is 1. The standard InChI is InChI=1S/C24H42N4O12S/c1-16(30)39-7-3-4-18(40-17(2)31)14-41-15-19(25)23(35)28-20(13-29)24(36)26-6-9-38-11-10-37-8-5-21(32)27-12-22(33)34/h18-20,29H,3-15,25H2,1-2H3,(H,26,36)(H,27,32)(H,28,35)(H,33,34)/t18-,19+,20+/m1/s1. The van der Waals surface area contributed by atoms with Crippen LogP contribution in [0, 0.1) is 0 Å². The van der Waals surface area contributed by atoms with Crippen LogP contribution in [0.4, 0.5) is 0 Å². The number of aliphatic hydroxyl groups is 1. The largest absolute Gasteiger partial charge is 0.480 e. The van der Waals surface area contributed by atoms with Gasteiger partial charge in [-0.2, -0.15) is 11.8 Å². The number of nitrogens with two attached hydrogens (primary N) is 1. The van der Waals surface area contributed by atoms with Crippen molar-refractivity contribution in [3.05, 3.63) is 0 Å². The number of nitrogens with one attached hydrogen (secondary N) is 3. The van der Waals surface area contributed by atoms with Gasteiger partial charge in [-0.3, -0.25) is 28.8 Å². The number of carboxylic acids is 1. The summed E-state index contributed by atoms with van der Waals surface area (Å²) < 4.78 is 20.6. The lowest BCUT2D eigenvalue weighted by molar-refractivity contribution is -0.147. The van der Waals surface area contributed by atoms with E-state index in [0.717, 1.165) is 0 Å². The van der Waals surface area contributed by atoms with E-state index in [1.54, 1.807) is 0 Å². The molecule has 0 radical (unpaired) electrons. The Morgan fingerprint density at radius 1 is 0.878 bits per heavy atom. The van der Waals surface area contributed by atoms with Crippen LogP contribution in [0.5, 0.6) is 0 Å². The molecule has 0 aromatic heterocycles. The molecular formula is C24H42N4O12S. The van der Waals surface area contributed by atoms with E-state index in [9.17, 15) is 33.9 Å². The molecule has 0 unspecified atom stereocenters. The minimum Gasteiger partial charge on any atom is -0.480 e. The summed E-state index contributed by atoms with van der Waals surface area (Å²) in [6.45, 7) is 2.35. The first-order valence-electron chi connectivity index (χ1n) is 12.9. The highest BCUT2D eigenvalue weighted by Crippen LogP contribution is 2.13. The fourth-order valence-electron chi connectivity index (χ4n) is 2.93. The van der Waals surface area contributed by atoms with Gasteiger partial charge in [0.25, 0.3) is 0 Å². The van der Waals surface area contributed by atoms with Crippen molar-refractivity contribution in [3.8, 4) is 0 Å². The first-order valence-corrected chi connectivity index (χ1v) is 14.1. The molecule has 0 fully saturated rings. The van der Waals surface area contributed by atoms with Gasteiger partial charge in [0, 0.05) is 38.3 Å². The number of thioether (sulfide) groups is 1. The minimum atomic E-state index is -1.22. The Kier molecular flexibility index (Phi) is 22.0. The van der Waals surface area contributed by atoms with Crippen LogP contribution in [0.25, 0.3) is 0 Å². The molecule has 0 saturated heterocycles. The van der Waals surface area contributed by atoms with E-state index in [1.165, 1.54) is 25.6 Å². The molecule has 16 nitrogen and oxygen atoms in total. The zero-order chi connectivity index (χ0) is 31.0. The molecule has 0 rings (SSSR count). The molecule has 0 aromatic carbocycles. The highest BCUT2D eigenvalue weighted by atomic mass is 32.2. The van der Waals surface area contributed by atoms with Crippen molar-refractivity contribution in [2.24, 2.45) is 5.73 Å².